The molecule has 0 saturated heterocycles. The van der Waals surface area contributed by atoms with Gasteiger partial charge in [0.2, 0.25) is 9.05 Å². The van der Waals surface area contributed by atoms with Crippen molar-refractivity contribution in [2.24, 2.45) is 0 Å². The molecule has 0 N–H and O–H groups in total. The third-order valence-corrected chi connectivity index (χ3v) is 3.87. The number of ether oxygens (including phenoxy) is 1. The molecular formula is C10H10Cl2O3S. The standard InChI is InChI=1S/C10H10Cl2O3S/c11-9-6-7(2-4-16(12,13)14)5-8-1-3-15-10(8)9/h5-6H,1-4H2. The Balaban J connectivity index is 2.21. The molecule has 0 unspecified atom stereocenters. The molecule has 0 spiro atoms. The molecule has 3 nitrogen and oxygen atoms in total. The zero-order valence-corrected chi connectivity index (χ0v) is 10.7. The van der Waals surface area contributed by atoms with Crippen molar-refractivity contribution >= 4 is 31.3 Å². The number of benzene rings is 1. The minimum atomic E-state index is -3.45. The average molecular weight is 281 g/mol. The van der Waals surface area contributed by atoms with E-state index >= 15 is 0 Å². The summed E-state index contributed by atoms with van der Waals surface area (Å²) < 4.78 is 27.0. The predicted molar refractivity (Wildman–Crippen MR) is 64.0 cm³/mol. The first-order chi connectivity index (χ1) is 7.46. The van der Waals surface area contributed by atoms with Crippen LogP contribution in [0.4, 0.5) is 0 Å². The summed E-state index contributed by atoms with van der Waals surface area (Å²) in [5, 5.41) is 0.539. The SMILES string of the molecule is O=S(=O)(Cl)CCc1cc(Cl)c2c(c1)CCO2. The van der Waals surface area contributed by atoms with Crippen LogP contribution in [0.1, 0.15) is 11.1 Å². The van der Waals surface area contributed by atoms with Crippen molar-refractivity contribution in [3.63, 3.8) is 0 Å². The van der Waals surface area contributed by atoms with Crippen molar-refractivity contribution in [2.45, 2.75) is 12.8 Å². The van der Waals surface area contributed by atoms with Crippen LogP contribution in [-0.4, -0.2) is 20.8 Å². The fourth-order valence-corrected chi connectivity index (χ4v) is 2.73. The Labute approximate surface area is 104 Å². The van der Waals surface area contributed by atoms with Crippen LogP contribution in [0.5, 0.6) is 5.75 Å². The zero-order chi connectivity index (χ0) is 11.8. The number of aryl methyl sites for hydroxylation is 1. The summed E-state index contributed by atoms with van der Waals surface area (Å²) in [6, 6.07) is 3.66. The Bertz CT molecular complexity index is 511. The average Bonchev–Trinajstić information content (AvgIpc) is 2.62. The van der Waals surface area contributed by atoms with Gasteiger partial charge in [-0.25, -0.2) is 8.42 Å². The first-order valence-corrected chi connectivity index (χ1v) is 7.68. The lowest BCUT2D eigenvalue weighted by Crippen LogP contribution is -2.01. The highest BCUT2D eigenvalue weighted by Gasteiger charge is 2.17. The molecule has 6 heteroatoms. The van der Waals surface area contributed by atoms with E-state index in [1.807, 2.05) is 6.07 Å². The van der Waals surface area contributed by atoms with Crippen molar-refractivity contribution in [3.05, 3.63) is 28.3 Å². The van der Waals surface area contributed by atoms with Crippen LogP contribution in [0.2, 0.25) is 5.02 Å². The number of rotatable bonds is 3. The van der Waals surface area contributed by atoms with Crippen LogP contribution in [0.25, 0.3) is 0 Å². The van der Waals surface area contributed by atoms with Gasteiger partial charge < -0.3 is 4.74 Å². The maximum absolute atomic E-state index is 10.8. The number of hydrogen-bond donors (Lipinski definition) is 0. The largest absolute Gasteiger partial charge is 0.491 e. The van der Waals surface area contributed by atoms with Gasteiger partial charge in [0.1, 0.15) is 5.75 Å². The third-order valence-electron chi connectivity index (χ3n) is 2.43. The summed E-state index contributed by atoms with van der Waals surface area (Å²) >= 11 is 6.02. The van der Waals surface area contributed by atoms with Crippen LogP contribution >= 0.6 is 22.3 Å². The maximum Gasteiger partial charge on any atom is 0.232 e. The molecule has 16 heavy (non-hydrogen) atoms. The van der Waals surface area contributed by atoms with E-state index in [2.05, 4.69) is 0 Å². The van der Waals surface area contributed by atoms with Crippen molar-refractivity contribution < 1.29 is 13.2 Å². The van der Waals surface area contributed by atoms with Gasteiger partial charge in [-0.3, -0.25) is 0 Å². The Morgan fingerprint density at radius 1 is 1.38 bits per heavy atom. The second-order valence-electron chi connectivity index (χ2n) is 3.66. The summed E-state index contributed by atoms with van der Waals surface area (Å²) in [7, 11) is 1.70. The quantitative estimate of drug-likeness (QED) is 0.799. The van der Waals surface area contributed by atoms with Crippen LogP contribution in [0.15, 0.2) is 12.1 Å². The highest BCUT2D eigenvalue weighted by molar-refractivity contribution is 8.13. The number of hydrogen-bond acceptors (Lipinski definition) is 3. The molecule has 0 saturated carbocycles. The van der Waals surface area contributed by atoms with Gasteiger partial charge in [0.05, 0.1) is 17.4 Å². The summed E-state index contributed by atoms with van der Waals surface area (Å²) in [6.07, 6.45) is 1.19. The van der Waals surface area contributed by atoms with E-state index in [1.165, 1.54) is 0 Å². The molecule has 0 atom stereocenters. The summed E-state index contributed by atoms with van der Waals surface area (Å²) in [6.45, 7) is 0.631. The van der Waals surface area contributed by atoms with E-state index in [-0.39, 0.29) is 5.75 Å². The van der Waals surface area contributed by atoms with Crippen LogP contribution in [0.3, 0.4) is 0 Å². The molecular weight excluding hydrogens is 271 g/mol. The van der Waals surface area contributed by atoms with Gasteiger partial charge in [0, 0.05) is 17.1 Å². The molecule has 1 aromatic carbocycles. The molecule has 88 valence electrons. The molecule has 1 aromatic rings. The Kier molecular flexibility index (Phi) is 3.33. The topological polar surface area (TPSA) is 43.4 Å². The van der Waals surface area contributed by atoms with Crippen molar-refractivity contribution in [1.29, 1.82) is 0 Å². The molecule has 0 radical (unpaired) electrons. The zero-order valence-electron chi connectivity index (χ0n) is 8.37. The Hall–Kier alpha value is -0.450. The van der Waals surface area contributed by atoms with E-state index in [9.17, 15) is 8.42 Å². The lowest BCUT2D eigenvalue weighted by atomic mass is 10.1. The van der Waals surface area contributed by atoms with Crippen LogP contribution in [-0.2, 0) is 21.9 Å². The molecule has 1 heterocycles. The lowest BCUT2D eigenvalue weighted by Gasteiger charge is -2.05. The van der Waals surface area contributed by atoms with E-state index in [1.54, 1.807) is 6.07 Å². The first-order valence-electron chi connectivity index (χ1n) is 4.82. The van der Waals surface area contributed by atoms with Crippen LogP contribution in [0, 0.1) is 0 Å². The first kappa shape index (κ1) is 12.0. The van der Waals surface area contributed by atoms with Crippen molar-refractivity contribution in [2.75, 3.05) is 12.4 Å². The molecule has 1 aliphatic heterocycles. The molecule has 0 aromatic heterocycles. The maximum atomic E-state index is 10.8. The van der Waals surface area contributed by atoms with E-state index in [4.69, 9.17) is 27.0 Å². The van der Waals surface area contributed by atoms with E-state index in [0.717, 1.165) is 23.3 Å². The van der Waals surface area contributed by atoms with Gasteiger partial charge in [-0.2, -0.15) is 0 Å². The molecule has 0 bridgehead atoms. The fourth-order valence-electron chi connectivity index (χ4n) is 1.71. The summed E-state index contributed by atoms with van der Waals surface area (Å²) in [5.74, 6) is 0.643. The van der Waals surface area contributed by atoms with E-state index in [0.29, 0.717) is 18.1 Å². The number of halogens is 2. The summed E-state index contributed by atoms with van der Waals surface area (Å²) in [4.78, 5) is 0. The monoisotopic (exact) mass is 280 g/mol. The molecule has 0 aliphatic carbocycles. The van der Waals surface area contributed by atoms with Crippen molar-refractivity contribution in [3.8, 4) is 5.75 Å². The minimum absolute atomic E-state index is 0.0788. The third kappa shape index (κ3) is 2.81. The van der Waals surface area contributed by atoms with E-state index < -0.39 is 9.05 Å². The predicted octanol–water partition coefficient (Wildman–Crippen LogP) is 2.39. The van der Waals surface area contributed by atoms with Gasteiger partial charge in [0.25, 0.3) is 0 Å². The highest BCUT2D eigenvalue weighted by atomic mass is 35.7. The normalized spacial score (nSPS) is 14.6. The Morgan fingerprint density at radius 3 is 2.81 bits per heavy atom. The minimum Gasteiger partial charge on any atom is -0.491 e. The van der Waals surface area contributed by atoms with Gasteiger partial charge in [0.15, 0.2) is 0 Å². The Morgan fingerprint density at radius 2 is 2.12 bits per heavy atom. The van der Waals surface area contributed by atoms with Gasteiger partial charge in [-0.05, 0) is 23.6 Å². The highest BCUT2D eigenvalue weighted by Crippen LogP contribution is 2.34. The van der Waals surface area contributed by atoms with Gasteiger partial charge >= 0.3 is 0 Å². The second kappa shape index (κ2) is 4.43. The number of fused-ring (bicyclic) bond motifs is 1. The lowest BCUT2D eigenvalue weighted by molar-refractivity contribution is 0.357. The molecule has 2 rings (SSSR count). The second-order valence-corrected chi connectivity index (χ2v) is 6.96. The smallest absolute Gasteiger partial charge is 0.232 e. The molecule has 0 amide bonds. The molecule has 1 aliphatic rings. The van der Waals surface area contributed by atoms with Gasteiger partial charge in [-0.1, -0.05) is 17.7 Å². The fraction of sp³-hybridized carbons (Fsp3) is 0.400. The van der Waals surface area contributed by atoms with Crippen LogP contribution < -0.4 is 4.74 Å². The summed E-state index contributed by atoms with van der Waals surface area (Å²) in [5.41, 5.74) is 1.91. The van der Waals surface area contributed by atoms with Gasteiger partial charge in [-0.15, -0.1) is 0 Å². The molecule has 0 fully saturated rings. The van der Waals surface area contributed by atoms with Crippen molar-refractivity contribution in [1.82, 2.24) is 0 Å².